The second kappa shape index (κ2) is 4.03. The van der Waals surface area contributed by atoms with E-state index in [1.807, 2.05) is 0 Å². The van der Waals surface area contributed by atoms with E-state index in [1.165, 1.54) is 29.8 Å². The highest BCUT2D eigenvalue weighted by Gasteiger charge is 2.53. The Hall–Kier alpha value is -2.44. The monoisotopic (exact) mass is 285 g/mol. The normalized spacial score (nSPS) is 19.4. The fraction of sp³-hybridized carbons (Fsp3) is 0.429. The Kier molecular flexibility index (Phi) is 2.36. The summed E-state index contributed by atoms with van der Waals surface area (Å²) in [6, 6.07) is 1.83. The van der Waals surface area contributed by atoms with Crippen molar-refractivity contribution in [2.45, 2.75) is 31.7 Å². The molecule has 7 nitrogen and oxygen atoms in total. The van der Waals surface area contributed by atoms with Crippen molar-refractivity contribution in [1.29, 1.82) is 0 Å². The van der Waals surface area contributed by atoms with Gasteiger partial charge < -0.3 is 11.1 Å². The van der Waals surface area contributed by atoms with Gasteiger partial charge in [0, 0.05) is 12.2 Å². The fourth-order valence-electron chi connectivity index (χ4n) is 3.17. The smallest absolute Gasteiger partial charge is 0.270 e. The minimum Gasteiger partial charge on any atom is -0.365 e. The van der Waals surface area contributed by atoms with Gasteiger partial charge in [-0.15, -0.1) is 0 Å². The van der Waals surface area contributed by atoms with Gasteiger partial charge in [-0.25, -0.2) is 9.50 Å². The number of hydrogen-bond donors (Lipinski definition) is 2. The zero-order valence-electron chi connectivity index (χ0n) is 11.4. The van der Waals surface area contributed by atoms with Crippen LogP contribution in [0.5, 0.6) is 0 Å². The van der Waals surface area contributed by atoms with E-state index in [-0.39, 0.29) is 17.5 Å². The predicted octanol–water partition coefficient (Wildman–Crippen LogP) is 0.501. The first kappa shape index (κ1) is 12.3. The van der Waals surface area contributed by atoms with Crippen molar-refractivity contribution in [1.82, 2.24) is 19.9 Å². The van der Waals surface area contributed by atoms with Gasteiger partial charge in [0.05, 0.1) is 6.20 Å². The molecule has 2 aliphatic carbocycles. The van der Waals surface area contributed by atoms with Gasteiger partial charge in [-0.2, -0.15) is 5.10 Å². The molecule has 21 heavy (non-hydrogen) atoms. The maximum absolute atomic E-state index is 12.4. The van der Waals surface area contributed by atoms with Gasteiger partial charge in [-0.3, -0.25) is 9.59 Å². The van der Waals surface area contributed by atoms with E-state index in [0.717, 1.165) is 12.8 Å². The van der Waals surface area contributed by atoms with Crippen LogP contribution in [0.1, 0.15) is 46.5 Å². The first-order chi connectivity index (χ1) is 10.1. The number of fused-ring (bicyclic) bond motifs is 1. The van der Waals surface area contributed by atoms with Crippen molar-refractivity contribution < 1.29 is 9.59 Å². The van der Waals surface area contributed by atoms with Gasteiger partial charge in [-0.1, -0.05) is 0 Å². The zero-order valence-corrected chi connectivity index (χ0v) is 11.4. The Morgan fingerprint density at radius 2 is 2.14 bits per heavy atom. The summed E-state index contributed by atoms with van der Waals surface area (Å²) in [5.74, 6) is -0.799. The molecule has 2 amide bonds. The molecule has 0 unspecified atom stereocenters. The van der Waals surface area contributed by atoms with E-state index in [2.05, 4.69) is 15.4 Å². The van der Waals surface area contributed by atoms with Gasteiger partial charge in [-0.05, 0) is 37.2 Å². The van der Waals surface area contributed by atoms with Crippen LogP contribution >= 0.6 is 0 Å². The van der Waals surface area contributed by atoms with Crippen molar-refractivity contribution in [3.05, 3.63) is 29.7 Å². The Morgan fingerprint density at radius 1 is 1.38 bits per heavy atom. The van der Waals surface area contributed by atoms with E-state index in [9.17, 15) is 9.59 Å². The molecule has 2 aromatic heterocycles. The molecular formula is C14H15N5O2. The number of nitrogens with one attached hydrogen (secondary N) is 1. The van der Waals surface area contributed by atoms with E-state index >= 15 is 0 Å². The first-order valence-electron chi connectivity index (χ1n) is 7.01. The molecule has 1 spiro atoms. The molecule has 4 rings (SSSR count). The maximum Gasteiger partial charge on any atom is 0.270 e. The van der Waals surface area contributed by atoms with Crippen molar-refractivity contribution in [3.8, 4) is 0 Å². The summed E-state index contributed by atoms with van der Waals surface area (Å²) in [6.45, 7) is 0. The number of rotatable bonds is 3. The van der Waals surface area contributed by atoms with Crippen molar-refractivity contribution >= 4 is 17.5 Å². The highest BCUT2D eigenvalue weighted by atomic mass is 16.2. The topological polar surface area (TPSA) is 102 Å². The summed E-state index contributed by atoms with van der Waals surface area (Å²) in [4.78, 5) is 27.7. The highest BCUT2D eigenvalue weighted by molar-refractivity contribution is 5.99. The standard InChI is InChI=1S/C14H15N5O2/c15-11(20)9-7-17-19-10(1-4-16-12(9)19)13(21)18-8-5-14(6-8)2-3-14/h1,4,7-8H,2-3,5-6H2,(H2,15,20)(H,18,21). The van der Waals surface area contributed by atoms with Crippen LogP contribution in [0.4, 0.5) is 0 Å². The second-order valence-corrected chi connectivity index (χ2v) is 6.07. The lowest BCUT2D eigenvalue weighted by molar-refractivity contribution is 0.0869. The number of nitrogens with zero attached hydrogens (tertiary/aromatic N) is 3. The molecule has 0 radical (unpaired) electrons. The van der Waals surface area contributed by atoms with E-state index < -0.39 is 5.91 Å². The lowest BCUT2D eigenvalue weighted by Gasteiger charge is -2.36. The van der Waals surface area contributed by atoms with Crippen molar-refractivity contribution in [2.24, 2.45) is 11.1 Å². The van der Waals surface area contributed by atoms with Gasteiger partial charge in [0.25, 0.3) is 11.8 Å². The Bertz CT molecular complexity index is 754. The lowest BCUT2D eigenvalue weighted by atomic mass is 9.77. The molecule has 0 aliphatic heterocycles. The van der Waals surface area contributed by atoms with Crippen LogP contribution in [-0.2, 0) is 0 Å². The average Bonchev–Trinajstić information content (AvgIpc) is 3.08. The lowest BCUT2D eigenvalue weighted by Crippen LogP contribution is -2.45. The van der Waals surface area contributed by atoms with E-state index in [4.69, 9.17) is 5.73 Å². The molecule has 108 valence electrons. The molecule has 2 saturated carbocycles. The van der Waals surface area contributed by atoms with Crippen LogP contribution in [0.3, 0.4) is 0 Å². The number of amides is 2. The Balaban J connectivity index is 1.60. The number of nitrogens with two attached hydrogens (primary N) is 1. The number of carbonyl (C=O) groups is 2. The molecule has 2 fully saturated rings. The third-order valence-corrected chi connectivity index (χ3v) is 4.55. The predicted molar refractivity (Wildman–Crippen MR) is 73.7 cm³/mol. The molecule has 3 N–H and O–H groups in total. The van der Waals surface area contributed by atoms with E-state index in [0.29, 0.717) is 16.8 Å². The van der Waals surface area contributed by atoms with Gasteiger partial charge in [0.1, 0.15) is 11.3 Å². The summed E-state index contributed by atoms with van der Waals surface area (Å²) in [5.41, 5.74) is 6.69. The van der Waals surface area contributed by atoms with E-state index in [1.54, 1.807) is 6.07 Å². The van der Waals surface area contributed by atoms with Crippen LogP contribution < -0.4 is 11.1 Å². The minimum absolute atomic E-state index is 0.193. The Morgan fingerprint density at radius 3 is 2.81 bits per heavy atom. The molecular weight excluding hydrogens is 270 g/mol. The summed E-state index contributed by atoms with van der Waals surface area (Å²) < 4.78 is 1.36. The third kappa shape index (κ3) is 1.88. The summed E-state index contributed by atoms with van der Waals surface area (Å²) in [7, 11) is 0. The first-order valence-corrected chi connectivity index (χ1v) is 7.01. The number of carbonyl (C=O) groups excluding carboxylic acids is 2. The SMILES string of the molecule is NC(=O)c1cnn2c(C(=O)NC3CC4(CC4)C3)ccnc12. The summed E-state index contributed by atoms with van der Waals surface area (Å²) in [6.07, 6.45) is 7.54. The molecule has 0 bridgehead atoms. The molecule has 0 saturated heterocycles. The third-order valence-electron chi connectivity index (χ3n) is 4.55. The maximum atomic E-state index is 12.4. The van der Waals surface area contributed by atoms with Crippen molar-refractivity contribution in [2.75, 3.05) is 0 Å². The zero-order chi connectivity index (χ0) is 14.6. The molecule has 7 heteroatoms. The Labute approximate surface area is 120 Å². The second-order valence-electron chi connectivity index (χ2n) is 6.07. The molecule has 0 atom stereocenters. The highest BCUT2D eigenvalue weighted by Crippen LogP contribution is 2.60. The van der Waals surface area contributed by atoms with Crippen LogP contribution in [-0.4, -0.2) is 32.5 Å². The number of primary amides is 1. The molecule has 0 aromatic carbocycles. The van der Waals surface area contributed by atoms with Crippen LogP contribution in [0.15, 0.2) is 18.5 Å². The molecule has 2 heterocycles. The molecule has 2 aliphatic rings. The number of hydrogen-bond acceptors (Lipinski definition) is 4. The van der Waals surface area contributed by atoms with Gasteiger partial charge >= 0.3 is 0 Å². The van der Waals surface area contributed by atoms with Crippen LogP contribution in [0.2, 0.25) is 0 Å². The quantitative estimate of drug-likeness (QED) is 0.857. The largest absolute Gasteiger partial charge is 0.365 e. The van der Waals surface area contributed by atoms with Crippen molar-refractivity contribution in [3.63, 3.8) is 0 Å². The summed E-state index contributed by atoms with van der Waals surface area (Å²) in [5, 5.41) is 7.06. The van der Waals surface area contributed by atoms with Crippen LogP contribution in [0, 0.1) is 5.41 Å². The van der Waals surface area contributed by atoms with Gasteiger partial charge in [0.15, 0.2) is 5.65 Å². The van der Waals surface area contributed by atoms with Gasteiger partial charge in [0.2, 0.25) is 0 Å². The molecule has 2 aromatic rings. The minimum atomic E-state index is -0.607. The fourth-order valence-corrected chi connectivity index (χ4v) is 3.17. The number of aromatic nitrogens is 3. The average molecular weight is 285 g/mol. The van der Waals surface area contributed by atoms with Crippen LogP contribution in [0.25, 0.3) is 5.65 Å². The summed E-state index contributed by atoms with van der Waals surface area (Å²) >= 11 is 0.